The number of nitrogens with zero attached hydrogens (tertiary/aromatic N) is 1. The van der Waals surface area contributed by atoms with E-state index >= 15 is 0 Å². The van der Waals surface area contributed by atoms with Crippen LogP contribution in [0.15, 0.2) is 95.9 Å². The number of carbonyl (C=O) groups is 1. The first-order valence-corrected chi connectivity index (χ1v) is 9.80. The maximum atomic E-state index is 12.7. The molecule has 0 saturated carbocycles. The molecule has 3 aromatic carbocycles. The second kappa shape index (κ2) is 8.76. The molecule has 5 heteroatoms. The minimum atomic E-state index is -0.867. The van der Waals surface area contributed by atoms with Gasteiger partial charge in [0.2, 0.25) is 0 Å². The van der Waals surface area contributed by atoms with E-state index in [1.165, 1.54) is 10.6 Å². The lowest BCUT2D eigenvalue weighted by Gasteiger charge is -2.14. The van der Waals surface area contributed by atoms with Crippen molar-refractivity contribution in [2.45, 2.75) is 12.6 Å². The summed E-state index contributed by atoms with van der Waals surface area (Å²) in [5.41, 5.74) is 1.38. The molecular weight excluding hydrogens is 376 g/mol. The first-order valence-electron chi connectivity index (χ1n) is 9.80. The van der Waals surface area contributed by atoms with Crippen molar-refractivity contribution in [3.05, 3.63) is 118 Å². The van der Waals surface area contributed by atoms with Crippen LogP contribution < -0.4 is 10.9 Å². The van der Waals surface area contributed by atoms with Gasteiger partial charge in [-0.3, -0.25) is 9.59 Å². The van der Waals surface area contributed by atoms with E-state index in [-0.39, 0.29) is 17.7 Å². The summed E-state index contributed by atoms with van der Waals surface area (Å²) in [5.74, 6) is -0.498. The van der Waals surface area contributed by atoms with Gasteiger partial charge in [0.15, 0.2) is 0 Å². The lowest BCUT2D eigenvalue weighted by atomic mass is 10.0. The Hall–Kier alpha value is -3.70. The van der Waals surface area contributed by atoms with Crippen LogP contribution in [0, 0.1) is 0 Å². The van der Waals surface area contributed by atoms with Gasteiger partial charge in [-0.25, -0.2) is 0 Å². The Labute approximate surface area is 174 Å². The molecule has 0 fully saturated rings. The third kappa shape index (κ3) is 4.31. The highest BCUT2D eigenvalue weighted by molar-refractivity contribution is 5.93. The molecule has 0 spiro atoms. The minimum absolute atomic E-state index is 0.0180. The maximum Gasteiger partial charge on any atom is 0.263 e. The normalized spacial score (nSPS) is 11.9. The zero-order chi connectivity index (χ0) is 20.9. The summed E-state index contributed by atoms with van der Waals surface area (Å²) < 4.78 is 1.50. The highest BCUT2D eigenvalue weighted by Gasteiger charge is 2.15. The molecule has 0 unspecified atom stereocenters. The van der Waals surface area contributed by atoms with Gasteiger partial charge in [-0.1, -0.05) is 66.7 Å². The molecule has 150 valence electrons. The Morgan fingerprint density at radius 2 is 1.63 bits per heavy atom. The second-order valence-corrected chi connectivity index (χ2v) is 7.17. The molecule has 2 N–H and O–H groups in total. The second-order valence-electron chi connectivity index (χ2n) is 7.17. The number of benzene rings is 3. The van der Waals surface area contributed by atoms with Crippen LogP contribution >= 0.6 is 0 Å². The zero-order valence-corrected chi connectivity index (χ0v) is 16.4. The fourth-order valence-corrected chi connectivity index (χ4v) is 3.43. The van der Waals surface area contributed by atoms with Gasteiger partial charge in [-0.15, -0.1) is 0 Å². The molecule has 4 rings (SSSR count). The number of aliphatic hydroxyl groups is 1. The average Bonchev–Trinajstić information content (AvgIpc) is 2.79. The first kappa shape index (κ1) is 19.6. The smallest absolute Gasteiger partial charge is 0.263 e. The molecule has 0 aliphatic rings. The summed E-state index contributed by atoms with van der Waals surface area (Å²) in [4.78, 5) is 25.3. The van der Waals surface area contributed by atoms with E-state index in [9.17, 15) is 14.7 Å². The molecule has 1 atom stereocenters. The number of fused-ring (bicyclic) bond motifs is 1. The van der Waals surface area contributed by atoms with Crippen molar-refractivity contribution < 1.29 is 9.90 Å². The van der Waals surface area contributed by atoms with Crippen molar-refractivity contribution in [3.8, 4) is 0 Å². The Kier molecular flexibility index (Phi) is 5.72. The Morgan fingerprint density at radius 3 is 2.43 bits per heavy atom. The lowest BCUT2D eigenvalue weighted by Crippen LogP contribution is -2.35. The number of rotatable bonds is 6. The van der Waals surface area contributed by atoms with Crippen LogP contribution in [-0.2, 0) is 6.54 Å². The molecule has 0 bridgehead atoms. The van der Waals surface area contributed by atoms with Gasteiger partial charge >= 0.3 is 0 Å². The molecule has 30 heavy (non-hydrogen) atoms. The quantitative estimate of drug-likeness (QED) is 0.522. The van der Waals surface area contributed by atoms with Gasteiger partial charge in [0, 0.05) is 12.7 Å². The van der Waals surface area contributed by atoms with Crippen LogP contribution in [0.2, 0.25) is 0 Å². The van der Waals surface area contributed by atoms with Crippen LogP contribution in [-0.4, -0.2) is 22.1 Å². The third-order valence-corrected chi connectivity index (χ3v) is 5.07. The third-order valence-electron chi connectivity index (χ3n) is 5.07. The Morgan fingerprint density at radius 1 is 0.900 bits per heavy atom. The topological polar surface area (TPSA) is 71.3 Å². The van der Waals surface area contributed by atoms with E-state index in [0.717, 1.165) is 16.3 Å². The number of aliphatic hydroxyl groups excluding tert-OH is 1. The number of hydrogen-bond donors (Lipinski definition) is 2. The van der Waals surface area contributed by atoms with E-state index in [1.807, 2.05) is 72.8 Å². The molecule has 4 aromatic rings. The summed E-state index contributed by atoms with van der Waals surface area (Å²) in [5, 5.41) is 15.3. The standard InChI is InChI=1S/C25H22N2O3/c28-23(21-13-12-19-9-4-5-10-20(19)15-21)16-26-24(29)22-11-6-14-27(25(22)30)17-18-7-2-1-3-8-18/h1-15,23,28H,16-17H2,(H,26,29)/t23-/m1/s1. The van der Waals surface area contributed by atoms with Gasteiger partial charge in [-0.05, 0) is 40.1 Å². The summed E-state index contributed by atoms with van der Waals surface area (Å²) in [6.07, 6.45) is 0.796. The Balaban J connectivity index is 1.45. The van der Waals surface area contributed by atoms with Crippen LogP contribution in [0.25, 0.3) is 10.8 Å². The van der Waals surface area contributed by atoms with Crippen molar-refractivity contribution in [2.24, 2.45) is 0 Å². The number of amides is 1. The van der Waals surface area contributed by atoms with Crippen molar-refractivity contribution >= 4 is 16.7 Å². The van der Waals surface area contributed by atoms with Gasteiger partial charge in [0.1, 0.15) is 5.56 Å². The highest BCUT2D eigenvalue weighted by Crippen LogP contribution is 2.20. The molecule has 1 heterocycles. The van der Waals surface area contributed by atoms with Crippen LogP contribution in [0.4, 0.5) is 0 Å². The minimum Gasteiger partial charge on any atom is -0.387 e. The van der Waals surface area contributed by atoms with E-state index < -0.39 is 12.0 Å². The van der Waals surface area contributed by atoms with Crippen LogP contribution in [0.5, 0.6) is 0 Å². The molecular formula is C25H22N2O3. The largest absolute Gasteiger partial charge is 0.387 e. The summed E-state index contributed by atoms with van der Waals surface area (Å²) in [6, 6.07) is 26.3. The number of nitrogens with one attached hydrogen (secondary N) is 1. The fraction of sp³-hybridized carbons (Fsp3) is 0.120. The highest BCUT2D eigenvalue weighted by atomic mass is 16.3. The van der Waals surface area contributed by atoms with Gasteiger partial charge in [0.25, 0.3) is 11.5 Å². The van der Waals surface area contributed by atoms with Crippen molar-refractivity contribution in [2.75, 3.05) is 6.54 Å². The van der Waals surface area contributed by atoms with Crippen LogP contribution in [0.1, 0.15) is 27.6 Å². The number of carbonyl (C=O) groups excluding carboxylic acids is 1. The predicted molar refractivity (Wildman–Crippen MR) is 117 cm³/mol. The molecule has 0 radical (unpaired) electrons. The molecule has 1 amide bonds. The lowest BCUT2D eigenvalue weighted by molar-refractivity contribution is 0.0914. The van der Waals surface area contributed by atoms with Gasteiger partial charge in [-0.2, -0.15) is 0 Å². The SMILES string of the molecule is O=C(NC[C@@H](O)c1ccc2ccccc2c1)c1cccn(Cc2ccccc2)c1=O. The van der Waals surface area contributed by atoms with Gasteiger partial charge < -0.3 is 15.0 Å². The van der Waals surface area contributed by atoms with Crippen molar-refractivity contribution in [1.82, 2.24) is 9.88 Å². The molecule has 5 nitrogen and oxygen atoms in total. The molecule has 0 aliphatic carbocycles. The summed E-state index contributed by atoms with van der Waals surface area (Å²) in [7, 11) is 0. The van der Waals surface area contributed by atoms with E-state index in [0.29, 0.717) is 12.1 Å². The summed E-state index contributed by atoms with van der Waals surface area (Å²) in [6.45, 7) is 0.407. The first-order chi connectivity index (χ1) is 14.6. The maximum absolute atomic E-state index is 12.7. The van der Waals surface area contributed by atoms with E-state index in [2.05, 4.69) is 5.32 Å². The number of aromatic nitrogens is 1. The van der Waals surface area contributed by atoms with Gasteiger partial charge in [0.05, 0.1) is 12.6 Å². The van der Waals surface area contributed by atoms with Crippen LogP contribution in [0.3, 0.4) is 0 Å². The molecule has 0 saturated heterocycles. The monoisotopic (exact) mass is 398 g/mol. The predicted octanol–water partition coefficient (Wildman–Crippen LogP) is 3.51. The summed E-state index contributed by atoms with van der Waals surface area (Å²) >= 11 is 0. The average molecular weight is 398 g/mol. The fourth-order valence-electron chi connectivity index (χ4n) is 3.43. The van der Waals surface area contributed by atoms with E-state index in [4.69, 9.17) is 0 Å². The van der Waals surface area contributed by atoms with Crippen molar-refractivity contribution in [1.29, 1.82) is 0 Å². The number of pyridine rings is 1. The molecule has 1 aromatic heterocycles. The number of hydrogen-bond acceptors (Lipinski definition) is 3. The van der Waals surface area contributed by atoms with Crippen molar-refractivity contribution in [3.63, 3.8) is 0 Å². The Bertz CT molecular complexity index is 1230. The zero-order valence-electron chi connectivity index (χ0n) is 16.4. The molecule has 0 aliphatic heterocycles. The van der Waals surface area contributed by atoms with E-state index in [1.54, 1.807) is 12.3 Å².